The van der Waals surface area contributed by atoms with Gasteiger partial charge >= 0.3 is 0 Å². The summed E-state index contributed by atoms with van der Waals surface area (Å²) in [5, 5.41) is 21.8. The quantitative estimate of drug-likeness (QED) is 0.375. The third-order valence-electron chi connectivity index (χ3n) is 3.85. The first-order valence-electron chi connectivity index (χ1n) is 8.86. The Kier molecular flexibility index (Phi) is 7.53. The van der Waals surface area contributed by atoms with E-state index in [4.69, 9.17) is 0 Å². The van der Waals surface area contributed by atoms with Crippen molar-refractivity contribution >= 4 is 17.7 Å². The van der Waals surface area contributed by atoms with Crippen LogP contribution in [-0.2, 0) is 12.6 Å². The lowest BCUT2D eigenvalue weighted by Gasteiger charge is -2.21. The number of nitrogens with one attached hydrogen (secondary N) is 2. The van der Waals surface area contributed by atoms with E-state index in [2.05, 4.69) is 51.9 Å². The number of aromatic nitrogens is 2. The topological polar surface area (TPSA) is 74.5 Å². The first kappa shape index (κ1) is 20.3. The van der Waals surface area contributed by atoms with E-state index in [0.29, 0.717) is 11.2 Å². The molecule has 2 aromatic rings. The fraction of sp³-hybridized carbons (Fsp3) is 0.474. The molecule has 0 aliphatic rings. The van der Waals surface area contributed by atoms with E-state index in [0.717, 1.165) is 18.7 Å². The Morgan fingerprint density at radius 2 is 2.08 bits per heavy atom. The third kappa shape index (κ3) is 6.38. The Morgan fingerprint density at radius 1 is 1.35 bits per heavy atom. The van der Waals surface area contributed by atoms with Gasteiger partial charge in [0.05, 0.1) is 12.7 Å². The number of guanidine groups is 1. The molecule has 2 atom stereocenters. The number of aliphatic hydroxyl groups is 1. The second kappa shape index (κ2) is 9.64. The number of aryl methyl sites for hydroxylation is 1. The number of rotatable bonds is 8. The number of thioether (sulfide) groups is 1. The molecule has 0 saturated carbocycles. The number of benzene rings is 1. The maximum atomic E-state index is 10.7. The van der Waals surface area contributed by atoms with Crippen LogP contribution in [0.1, 0.15) is 26.3 Å². The zero-order valence-electron chi connectivity index (χ0n) is 15.9. The largest absolute Gasteiger partial charge is 0.383 e. The van der Waals surface area contributed by atoms with Crippen LogP contribution < -0.4 is 10.6 Å². The molecule has 7 heteroatoms. The SMILES string of the molecule is CCNC(=NCC(C)(O)c1cnn(C)c1)NCC(C)Sc1ccccc1. The molecule has 0 fully saturated rings. The highest BCUT2D eigenvalue weighted by Crippen LogP contribution is 2.22. The predicted octanol–water partition coefficient (Wildman–Crippen LogP) is 2.36. The molecule has 1 heterocycles. The number of aliphatic imine (C=N–C) groups is 1. The fourth-order valence-electron chi connectivity index (χ4n) is 2.38. The minimum Gasteiger partial charge on any atom is -0.383 e. The second-order valence-electron chi connectivity index (χ2n) is 6.49. The second-order valence-corrected chi connectivity index (χ2v) is 8.01. The summed E-state index contributed by atoms with van der Waals surface area (Å²) >= 11 is 1.82. The van der Waals surface area contributed by atoms with Gasteiger partial charge in [-0.2, -0.15) is 5.10 Å². The minimum absolute atomic E-state index is 0.258. The molecule has 0 bridgehead atoms. The first-order valence-corrected chi connectivity index (χ1v) is 9.74. The summed E-state index contributed by atoms with van der Waals surface area (Å²) < 4.78 is 1.68. The Labute approximate surface area is 160 Å². The molecule has 1 aromatic carbocycles. The van der Waals surface area contributed by atoms with E-state index in [1.165, 1.54) is 4.90 Å². The average Bonchev–Trinajstić information content (AvgIpc) is 3.06. The van der Waals surface area contributed by atoms with Crippen molar-refractivity contribution in [2.24, 2.45) is 12.0 Å². The number of hydrogen-bond donors (Lipinski definition) is 3. The van der Waals surface area contributed by atoms with Gasteiger partial charge in [-0.3, -0.25) is 4.68 Å². The van der Waals surface area contributed by atoms with Crippen molar-refractivity contribution in [2.45, 2.75) is 36.5 Å². The summed E-state index contributed by atoms with van der Waals surface area (Å²) in [5.41, 5.74) is -0.298. The number of hydrogen-bond acceptors (Lipinski definition) is 4. The molecule has 26 heavy (non-hydrogen) atoms. The van der Waals surface area contributed by atoms with Crippen molar-refractivity contribution in [3.05, 3.63) is 48.3 Å². The molecular formula is C19H29N5OS. The summed E-state index contributed by atoms with van der Waals surface area (Å²) in [5.74, 6) is 0.706. The average molecular weight is 376 g/mol. The molecule has 0 saturated heterocycles. The minimum atomic E-state index is -1.05. The van der Waals surface area contributed by atoms with Gasteiger partial charge in [-0.05, 0) is 26.0 Å². The highest BCUT2D eigenvalue weighted by Gasteiger charge is 2.24. The van der Waals surface area contributed by atoms with Gasteiger partial charge in [-0.25, -0.2) is 4.99 Å². The van der Waals surface area contributed by atoms with Crippen molar-refractivity contribution in [2.75, 3.05) is 19.6 Å². The molecule has 2 unspecified atom stereocenters. The lowest BCUT2D eigenvalue weighted by Crippen LogP contribution is -2.41. The van der Waals surface area contributed by atoms with Gasteiger partial charge in [0.1, 0.15) is 5.60 Å². The molecule has 0 aliphatic heterocycles. The summed E-state index contributed by atoms with van der Waals surface area (Å²) in [4.78, 5) is 5.80. The third-order valence-corrected chi connectivity index (χ3v) is 4.97. The van der Waals surface area contributed by atoms with E-state index in [-0.39, 0.29) is 6.54 Å². The normalized spacial score (nSPS) is 15.3. The molecule has 0 aliphatic carbocycles. The maximum absolute atomic E-state index is 10.7. The lowest BCUT2D eigenvalue weighted by atomic mass is 10.0. The van der Waals surface area contributed by atoms with Crippen LogP contribution in [0.2, 0.25) is 0 Å². The van der Waals surface area contributed by atoms with Gasteiger partial charge < -0.3 is 15.7 Å². The van der Waals surface area contributed by atoms with Gasteiger partial charge in [0.25, 0.3) is 0 Å². The zero-order valence-corrected chi connectivity index (χ0v) is 16.8. The fourth-order valence-corrected chi connectivity index (χ4v) is 3.32. The van der Waals surface area contributed by atoms with Crippen LogP contribution in [0, 0.1) is 0 Å². The standard InChI is InChI=1S/C19H29N5OS/c1-5-20-18(21-11-15(2)26-17-9-7-6-8-10-17)22-14-19(3,25)16-12-23-24(4)13-16/h6-10,12-13,15,25H,5,11,14H2,1-4H3,(H2,20,21,22). The van der Waals surface area contributed by atoms with Crippen molar-refractivity contribution in [1.29, 1.82) is 0 Å². The number of nitrogens with zero attached hydrogens (tertiary/aromatic N) is 3. The van der Waals surface area contributed by atoms with E-state index in [9.17, 15) is 5.11 Å². The molecule has 6 nitrogen and oxygen atoms in total. The van der Waals surface area contributed by atoms with Crippen LogP contribution in [0.4, 0.5) is 0 Å². The van der Waals surface area contributed by atoms with Gasteiger partial charge in [-0.1, -0.05) is 25.1 Å². The zero-order chi connectivity index (χ0) is 19.0. The van der Waals surface area contributed by atoms with Crippen molar-refractivity contribution in [3.8, 4) is 0 Å². The summed E-state index contributed by atoms with van der Waals surface area (Å²) in [6.07, 6.45) is 3.49. The van der Waals surface area contributed by atoms with Crippen LogP contribution in [0.25, 0.3) is 0 Å². The summed E-state index contributed by atoms with van der Waals surface area (Å²) in [6, 6.07) is 10.4. The summed E-state index contributed by atoms with van der Waals surface area (Å²) in [6.45, 7) is 7.76. The first-order chi connectivity index (χ1) is 12.4. The van der Waals surface area contributed by atoms with Crippen molar-refractivity contribution < 1.29 is 5.11 Å². The van der Waals surface area contributed by atoms with Gasteiger partial charge in [-0.15, -0.1) is 11.8 Å². The molecule has 2 rings (SSSR count). The summed E-state index contributed by atoms with van der Waals surface area (Å²) in [7, 11) is 1.83. The molecule has 1 aromatic heterocycles. The van der Waals surface area contributed by atoms with E-state index in [1.807, 2.05) is 38.0 Å². The van der Waals surface area contributed by atoms with Gasteiger partial charge in [0, 0.05) is 42.0 Å². The van der Waals surface area contributed by atoms with Crippen LogP contribution in [0.5, 0.6) is 0 Å². The van der Waals surface area contributed by atoms with E-state index < -0.39 is 5.60 Å². The predicted molar refractivity (Wildman–Crippen MR) is 109 cm³/mol. The van der Waals surface area contributed by atoms with E-state index in [1.54, 1.807) is 17.8 Å². The van der Waals surface area contributed by atoms with Crippen LogP contribution in [-0.4, -0.2) is 45.7 Å². The molecule has 0 radical (unpaired) electrons. The van der Waals surface area contributed by atoms with Crippen LogP contribution in [0.3, 0.4) is 0 Å². The Hall–Kier alpha value is -1.99. The highest BCUT2D eigenvalue weighted by atomic mass is 32.2. The lowest BCUT2D eigenvalue weighted by molar-refractivity contribution is 0.0672. The Bertz CT molecular complexity index is 699. The van der Waals surface area contributed by atoms with Crippen LogP contribution in [0.15, 0.2) is 52.6 Å². The Morgan fingerprint density at radius 3 is 2.69 bits per heavy atom. The molecule has 0 amide bonds. The van der Waals surface area contributed by atoms with E-state index >= 15 is 0 Å². The highest BCUT2D eigenvalue weighted by molar-refractivity contribution is 8.00. The molecular weight excluding hydrogens is 346 g/mol. The van der Waals surface area contributed by atoms with Crippen LogP contribution >= 0.6 is 11.8 Å². The maximum Gasteiger partial charge on any atom is 0.191 e. The Balaban J connectivity index is 1.91. The van der Waals surface area contributed by atoms with Crippen molar-refractivity contribution in [3.63, 3.8) is 0 Å². The molecule has 3 N–H and O–H groups in total. The molecule has 142 valence electrons. The molecule has 0 spiro atoms. The smallest absolute Gasteiger partial charge is 0.191 e. The van der Waals surface area contributed by atoms with Gasteiger partial charge in [0.2, 0.25) is 0 Å². The van der Waals surface area contributed by atoms with Gasteiger partial charge in [0.15, 0.2) is 5.96 Å². The van der Waals surface area contributed by atoms with Crippen molar-refractivity contribution in [1.82, 2.24) is 20.4 Å². The monoisotopic (exact) mass is 375 g/mol.